The van der Waals surface area contributed by atoms with Crippen molar-refractivity contribution in [2.75, 3.05) is 5.32 Å². The van der Waals surface area contributed by atoms with E-state index >= 15 is 0 Å². The topological polar surface area (TPSA) is 59.8 Å². The van der Waals surface area contributed by atoms with E-state index in [0.717, 1.165) is 46.9 Å². The van der Waals surface area contributed by atoms with Crippen molar-refractivity contribution in [2.24, 2.45) is 0 Å². The number of benzene rings is 2. The third-order valence-corrected chi connectivity index (χ3v) is 4.66. The van der Waals surface area contributed by atoms with Crippen LogP contribution in [0.15, 0.2) is 54.6 Å². The summed E-state index contributed by atoms with van der Waals surface area (Å²) in [6.07, 6.45) is 2.08. The van der Waals surface area contributed by atoms with Gasteiger partial charge in [0.05, 0.1) is 10.9 Å². The molecule has 0 radical (unpaired) electrons. The largest absolute Gasteiger partial charge is 0.305 e. The van der Waals surface area contributed by atoms with Crippen LogP contribution in [0.1, 0.15) is 35.7 Å². The quantitative estimate of drug-likeness (QED) is 0.549. The van der Waals surface area contributed by atoms with E-state index in [1.165, 1.54) is 0 Å². The lowest BCUT2D eigenvalue weighted by Gasteiger charge is -2.04. The van der Waals surface area contributed by atoms with E-state index in [0.29, 0.717) is 11.4 Å². The molecule has 5 nitrogen and oxygen atoms in total. The molecule has 27 heavy (non-hydrogen) atoms. The third-order valence-electron chi connectivity index (χ3n) is 4.66. The number of pyridine rings is 1. The Morgan fingerprint density at radius 1 is 1.11 bits per heavy atom. The van der Waals surface area contributed by atoms with Crippen molar-refractivity contribution >= 4 is 33.7 Å². The van der Waals surface area contributed by atoms with Gasteiger partial charge in [0.2, 0.25) is 0 Å². The van der Waals surface area contributed by atoms with Crippen LogP contribution in [0.5, 0.6) is 0 Å². The van der Waals surface area contributed by atoms with Gasteiger partial charge in [-0.25, -0.2) is 9.67 Å². The van der Waals surface area contributed by atoms with Crippen molar-refractivity contribution in [3.8, 4) is 0 Å². The number of para-hydroxylation sites is 1. The molecule has 4 rings (SSSR count). The van der Waals surface area contributed by atoms with E-state index in [1.807, 2.05) is 60.1 Å². The number of anilines is 1. The van der Waals surface area contributed by atoms with E-state index in [4.69, 9.17) is 4.98 Å². The summed E-state index contributed by atoms with van der Waals surface area (Å²) in [5, 5.41) is 9.54. The Labute approximate surface area is 158 Å². The number of nitrogens with zero attached hydrogens (tertiary/aromatic N) is 3. The molecule has 0 bridgehead atoms. The van der Waals surface area contributed by atoms with Gasteiger partial charge >= 0.3 is 0 Å². The molecule has 0 saturated carbocycles. The van der Waals surface area contributed by atoms with Crippen molar-refractivity contribution < 1.29 is 4.79 Å². The summed E-state index contributed by atoms with van der Waals surface area (Å²) in [5.41, 5.74) is 3.41. The number of rotatable bonds is 5. The lowest BCUT2D eigenvalue weighted by Crippen LogP contribution is -2.13. The highest BCUT2D eigenvalue weighted by molar-refractivity contribution is 6.08. The van der Waals surface area contributed by atoms with Gasteiger partial charge < -0.3 is 5.32 Å². The van der Waals surface area contributed by atoms with Gasteiger partial charge in [-0.15, -0.1) is 0 Å². The zero-order chi connectivity index (χ0) is 18.8. The normalized spacial score (nSPS) is 11.2. The molecule has 0 aliphatic carbocycles. The van der Waals surface area contributed by atoms with Crippen molar-refractivity contribution in [3.05, 3.63) is 65.7 Å². The van der Waals surface area contributed by atoms with Crippen LogP contribution in [-0.2, 0) is 6.54 Å². The second kappa shape index (κ2) is 7.19. The smallest absolute Gasteiger partial charge is 0.256 e. The summed E-state index contributed by atoms with van der Waals surface area (Å²) < 4.78 is 1.90. The minimum absolute atomic E-state index is 0.158. The number of hydrogen-bond acceptors (Lipinski definition) is 3. The minimum atomic E-state index is -0.158. The molecular weight excluding hydrogens is 336 g/mol. The van der Waals surface area contributed by atoms with Gasteiger partial charge in [-0.2, -0.15) is 5.10 Å². The molecule has 0 unspecified atom stereocenters. The van der Waals surface area contributed by atoms with Crippen molar-refractivity contribution in [2.45, 2.75) is 33.2 Å². The fraction of sp³-hybridized carbons (Fsp3) is 0.227. The van der Waals surface area contributed by atoms with Crippen molar-refractivity contribution in [1.82, 2.24) is 14.8 Å². The fourth-order valence-electron chi connectivity index (χ4n) is 3.22. The van der Waals surface area contributed by atoms with E-state index in [9.17, 15) is 4.79 Å². The van der Waals surface area contributed by atoms with Gasteiger partial charge in [0.1, 0.15) is 0 Å². The summed E-state index contributed by atoms with van der Waals surface area (Å²) in [6.45, 7) is 4.90. The molecule has 0 atom stereocenters. The average Bonchev–Trinajstić information content (AvgIpc) is 3.01. The highest BCUT2D eigenvalue weighted by atomic mass is 16.1. The molecule has 5 heteroatoms. The molecule has 1 N–H and O–H groups in total. The number of nitrogens with one attached hydrogen (secondary N) is 1. The van der Waals surface area contributed by atoms with Crippen LogP contribution >= 0.6 is 0 Å². The maximum absolute atomic E-state index is 12.7. The van der Waals surface area contributed by atoms with Crippen LogP contribution in [0.25, 0.3) is 21.9 Å². The van der Waals surface area contributed by atoms with Crippen LogP contribution < -0.4 is 5.32 Å². The molecule has 0 fully saturated rings. The maximum Gasteiger partial charge on any atom is 0.256 e. The lowest BCUT2D eigenvalue weighted by atomic mass is 10.1. The Hall–Kier alpha value is -3.21. The van der Waals surface area contributed by atoms with E-state index < -0.39 is 0 Å². The number of fused-ring (bicyclic) bond motifs is 2. The number of unbranched alkanes of at least 4 members (excludes halogenated alkanes) is 1. The summed E-state index contributed by atoms with van der Waals surface area (Å²) in [7, 11) is 0. The van der Waals surface area contributed by atoms with Crippen LogP contribution in [0, 0.1) is 6.92 Å². The highest BCUT2D eigenvalue weighted by Crippen LogP contribution is 2.26. The Kier molecular flexibility index (Phi) is 4.59. The molecule has 0 aliphatic heterocycles. The highest BCUT2D eigenvalue weighted by Gasteiger charge is 2.16. The number of aryl methyl sites for hydroxylation is 2. The standard InChI is InChI=1S/C22H22N4O/c1-3-4-12-26-21-18(14-16-9-5-6-11-19(16)23-21)20(25-26)24-22(27)17-10-7-8-15(2)13-17/h5-11,13-14H,3-4,12H2,1-2H3,(H,24,25,27). The van der Waals surface area contributed by atoms with Crippen LogP contribution in [0.4, 0.5) is 5.82 Å². The molecule has 136 valence electrons. The lowest BCUT2D eigenvalue weighted by molar-refractivity contribution is 0.102. The second-order valence-electron chi connectivity index (χ2n) is 6.80. The Balaban J connectivity index is 1.79. The Morgan fingerprint density at radius 2 is 1.96 bits per heavy atom. The third kappa shape index (κ3) is 3.40. The maximum atomic E-state index is 12.7. The molecule has 2 aromatic heterocycles. The molecule has 0 aliphatic rings. The molecule has 2 aromatic carbocycles. The molecule has 2 heterocycles. The van der Waals surface area contributed by atoms with Crippen LogP contribution in [-0.4, -0.2) is 20.7 Å². The first-order valence-electron chi connectivity index (χ1n) is 9.30. The van der Waals surface area contributed by atoms with Gasteiger partial charge in [0, 0.05) is 17.5 Å². The van der Waals surface area contributed by atoms with Gasteiger partial charge in [0.15, 0.2) is 11.5 Å². The van der Waals surface area contributed by atoms with Crippen molar-refractivity contribution in [3.63, 3.8) is 0 Å². The Bertz CT molecular complexity index is 1130. The van der Waals surface area contributed by atoms with Gasteiger partial charge in [-0.3, -0.25) is 4.79 Å². The summed E-state index contributed by atoms with van der Waals surface area (Å²) in [4.78, 5) is 17.5. The number of aromatic nitrogens is 3. The molecule has 0 spiro atoms. The first kappa shape index (κ1) is 17.2. The van der Waals surface area contributed by atoms with E-state index in [-0.39, 0.29) is 5.91 Å². The number of hydrogen-bond donors (Lipinski definition) is 1. The fourth-order valence-corrected chi connectivity index (χ4v) is 3.22. The number of amides is 1. The monoisotopic (exact) mass is 358 g/mol. The summed E-state index contributed by atoms with van der Waals surface area (Å²) in [5.74, 6) is 0.403. The second-order valence-corrected chi connectivity index (χ2v) is 6.80. The van der Waals surface area contributed by atoms with Gasteiger partial charge in [-0.1, -0.05) is 49.2 Å². The SMILES string of the molecule is CCCCn1nc(NC(=O)c2cccc(C)c2)c2cc3ccccc3nc21. The first-order valence-corrected chi connectivity index (χ1v) is 9.30. The van der Waals surface area contributed by atoms with E-state index in [1.54, 1.807) is 0 Å². The summed E-state index contributed by atoms with van der Waals surface area (Å²) >= 11 is 0. The van der Waals surface area contributed by atoms with Gasteiger partial charge in [0.25, 0.3) is 5.91 Å². The zero-order valence-electron chi connectivity index (χ0n) is 15.6. The molecule has 4 aromatic rings. The predicted octanol–water partition coefficient (Wildman–Crippen LogP) is 4.95. The number of carbonyl (C=O) groups excluding carboxylic acids is 1. The van der Waals surface area contributed by atoms with Crippen LogP contribution in [0.3, 0.4) is 0 Å². The first-order chi connectivity index (χ1) is 13.2. The van der Waals surface area contributed by atoms with Crippen molar-refractivity contribution in [1.29, 1.82) is 0 Å². The zero-order valence-corrected chi connectivity index (χ0v) is 15.6. The molecular formula is C22H22N4O. The number of carbonyl (C=O) groups is 1. The van der Waals surface area contributed by atoms with Crippen LogP contribution in [0.2, 0.25) is 0 Å². The van der Waals surface area contributed by atoms with Gasteiger partial charge in [-0.05, 0) is 37.6 Å². The average molecular weight is 358 g/mol. The summed E-state index contributed by atoms with van der Waals surface area (Å²) in [6, 6.07) is 17.6. The molecule has 1 amide bonds. The Morgan fingerprint density at radius 3 is 2.78 bits per heavy atom. The molecule has 0 saturated heterocycles. The minimum Gasteiger partial charge on any atom is -0.305 e. The predicted molar refractivity (Wildman–Crippen MR) is 109 cm³/mol. The van der Waals surface area contributed by atoms with E-state index in [2.05, 4.69) is 23.4 Å².